The molecule has 18 heavy (non-hydrogen) atoms. The number of nitrogens with one attached hydrogen (secondary N) is 1. The maximum absolute atomic E-state index is 11.8. The van der Waals surface area contributed by atoms with Gasteiger partial charge in [-0.3, -0.25) is 4.79 Å². The summed E-state index contributed by atoms with van der Waals surface area (Å²) in [7, 11) is 0. The van der Waals surface area contributed by atoms with Gasteiger partial charge in [0.15, 0.2) is 0 Å². The zero-order chi connectivity index (χ0) is 13.5. The lowest BCUT2D eigenvalue weighted by molar-refractivity contribution is -0.122. The number of benzene rings is 1. The summed E-state index contributed by atoms with van der Waals surface area (Å²) in [5.74, 6) is 0.0340. The molecule has 0 radical (unpaired) electrons. The van der Waals surface area contributed by atoms with E-state index in [2.05, 4.69) is 25.2 Å². The highest BCUT2D eigenvalue weighted by Crippen LogP contribution is 2.16. The summed E-state index contributed by atoms with van der Waals surface area (Å²) >= 11 is 0. The van der Waals surface area contributed by atoms with E-state index >= 15 is 0 Å². The Morgan fingerprint density at radius 2 is 2.06 bits per heavy atom. The van der Waals surface area contributed by atoms with Crippen LogP contribution in [0.2, 0.25) is 0 Å². The fourth-order valence-electron chi connectivity index (χ4n) is 2.16. The van der Waals surface area contributed by atoms with Gasteiger partial charge >= 0.3 is 0 Å². The van der Waals surface area contributed by atoms with Crippen molar-refractivity contribution < 1.29 is 4.79 Å². The molecule has 3 N–H and O–H groups in total. The molecule has 1 aromatic carbocycles. The molecule has 100 valence electrons. The molecular formula is C15H24N2O. The van der Waals surface area contributed by atoms with Gasteiger partial charge in [-0.25, -0.2) is 0 Å². The van der Waals surface area contributed by atoms with E-state index in [0.29, 0.717) is 6.42 Å². The predicted molar refractivity (Wildman–Crippen MR) is 75.2 cm³/mol. The van der Waals surface area contributed by atoms with E-state index in [0.717, 1.165) is 18.4 Å². The van der Waals surface area contributed by atoms with Crippen molar-refractivity contribution in [3.05, 3.63) is 35.4 Å². The van der Waals surface area contributed by atoms with Crippen molar-refractivity contribution in [3.63, 3.8) is 0 Å². The minimum atomic E-state index is -0.0286. The first-order valence-electron chi connectivity index (χ1n) is 6.65. The van der Waals surface area contributed by atoms with Crippen molar-refractivity contribution in [2.45, 2.75) is 52.1 Å². The average molecular weight is 248 g/mol. The first-order valence-corrected chi connectivity index (χ1v) is 6.65. The fourth-order valence-corrected chi connectivity index (χ4v) is 2.16. The molecule has 2 unspecified atom stereocenters. The first kappa shape index (κ1) is 14.7. The first-order chi connectivity index (χ1) is 8.54. The second-order valence-electron chi connectivity index (χ2n) is 4.90. The summed E-state index contributed by atoms with van der Waals surface area (Å²) in [5, 5.41) is 3.01. The third-order valence-corrected chi connectivity index (χ3v) is 3.14. The Hall–Kier alpha value is -1.35. The van der Waals surface area contributed by atoms with Crippen LogP contribution in [0, 0.1) is 6.92 Å². The Kier molecular flexibility index (Phi) is 5.86. The lowest BCUT2D eigenvalue weighted by Gasteiger charge is -2.18. The molecule has 0 saturated heterocycles. The van der Waals surface area contributed by atoms with Gasteiger partial charge in [-0.2, -0.15) is 0 Å². The van der Waals surface area contributed by atoms with Crippen molar-refractivity contribution in [1.82, 2.24) is 5.32 Å². The van der Waals surface area contributed by atoms with E-state index in [1.54, 1.807) is 0 Å². The largest absolute Gasteiger partial charge is 0.350 e. The molecule has 0 spiro atoms. The lowest BCUT2D eigenvalue weighted by atomic mass is 10.0. The van der Waals surface area contributed by atoms with Gasteiger partial charge in [0.05, 0.1) is 6.04 Å². The SMILES string of the molecule is CCCC(N)CC(=O)NC(C)c1ccccc1C. The van der Waals surface area contributed by atoms with Crippen molar-refractivity contribution >= 4 is 5.91 Å². The molecule has 0 aromatic heterocycles. The number of nitrogens with two attached hydrogens (primary N) is 1. The van der Waals surface area contributed by atoms with Crippen molar-refractivity contribution in [1.29, 1.82) is 0 Å². The molecule has 0 heterocycles. The van der Waals surface area contributed by atoms with Gasteiger partial charge in [-0.1, -0.05) is 37.6 Å². The Morgan fingerprint density at radius 1 is 1.39 bits per heavy atom. The van der Waals surface area contributed by atoms with Crippen LogP contribution >= 0.6 is 0 Å². The minimum Gasteiger partial charge on any atom is -0.350 e. The van der Waals surface area contributed by atoms with Crippen molar-refractivity contribution in [2.24, 2.45) is 5.73 Å². The summed E-state index contributed by atoms with van der Waals surface area (Å²) in [6.45, 7) is 6.14. The summed E-state index contributed by atoms with van der Waals surface area (Å²) in [6, 6.07) is 8.11. The summed E-state index contributed by atoms with van der Waals surface area (Å²) in [4.78, 5) is 11.8. The highest BCUT2D eigenvalue weighted by atomic mass is 16.1. The van der Waals surface area contributed by atoms with Crippen molar-refractivity contribution in [3.8, 4) is 0 Å². The molecule has 0 fully saturated rings. The van der Waals surface area contributed by atoms with E-state index in [-0.39, 0.29) is 18.0 Å². The maximum atomic E-state index is 11.8. The fraction of sp³-hybridized carbons (Fsp3) is 0.533. The predicted octanol–water partition coefficient (Wildman–Crippen LogP) is 2.69. The summed E-state index contributed by atoms with van der Waals surface area (Å²) in [6.07, 6.45) is 2.32. The van der Waals surface area contributed by atoms with Gasteiger partial charge in [0.1, 0.15) is 0 Å². The van der Waals surface area contributed by atoms with E-state index in [1.807, 2.05) is 25.1 Å². The molecule has 1 aromatic rings. The van der Waals surface area contributed by atoms with E-state index in [9.17, 15) is 4.79 Å². The van der Waals surface area contributed by atoms with Crippen LogP contribution in [0.25, 0.3) is 0 Å². The van der Waals surface area contributed by atoms with Crippen LogP contribution in [-0.4, -0.2) is 11.9 Å². The monoisotopic (exact) mass is 248 g/mol. The second-order valence-corrected chi connectivity index (χ2v) is 4.90. The third-order valence-electron chi connectivity index (χ3n) is 3.14. The zero-order valence-corrected chi connectivity index (χ0v) is 11.6. The van der Waals surface area contributed by atoms with Crippen LogP contribution < -0.4 is 11.1 Å². The highest BCUT2D eigenvalue weighted by molar-refractivity contribution is 5.77. The van der Waals surface area contributed by atoms with Gasteiger partial charge in [-0.05, 0) is 31.4 Å². The Bertz CT molecular complexity index is 390. The molecule has 1 amide bonds. The number of hydrogen-bond donors (Lipinski definition) is 2. The zero-order valence-electron chi connectivity index (χ0n) is 11.6. The number of aryl methyl sites for hydroxylation is 1. The number of carbonyl (C=O) groups excluding carboxylic acids is 1. The quantitative estimate of drug-likeness (QED) is 0.813. The Morgan fingerprint density at radius 3 is 2.67 bits per heavy atom. The molecule has 1 rings (SSSR count). The third kappa shape index (κ3) is 4.49. The Labute approximate surface area is 110 Å². The van der Waals surface area contributed by atoms with Crippen LogP contribution in [0.3, 0.4) is 0 Å². The smallest absolute Gasteiger partial charge is 0.222 e. The van der Waals surface area contributed by atoms with Crippen LogP contribution in [0.1, 0.15) is 50.3 Å². The minimum absolute atomic E-state index is 0.0286. The maximum Gasteiger partial charge on any atom is 0.222 e. The van der Waals surface area contributed by atoms with Gasteiger partial charge in [-0.15, -0.1) is 0 Å². The molecule has 3 heteroatoms. The van der Waals surface area contributed by atoms with E-state index in [1.165, 1.54) is 5.56 Å². The molecule has 3 nitrogen and oxygen atoms in total. The van der Waals surface area contributed by atoms with Gasteiger partial charge in [0.2, 0.25) is 5.91 Å². The number of carbonyl (C=O) groups is 1. The van der Waals surface area contributed by atoms with Crippen LogP contribution in [-0.2, 0) is 4.79 Å². The number of rotatable bonds is 6. The molecule has 0 aliphatic carbocycles. The van der Waals surface area contributed by atoms with Crippen LogP contribution in [0.5, 0.6) is 0 Å². The summed E-state index contributed by atoms with van der Waals surface area (Å²) < 4.78 is 0. The average Bonchev–Trinajstić information content (AvgIpc) is 2.29. The van der Waals surface area contributed by atoms with Crippen LogP contribution in [0.15, 0.2) is 24.3 Å². The lowest BCUT2D eigenvalue weighted by Crippen LogP contribution is -2.33. The van der Waals surface area contributed by atoms with E-state index in [4.69, 9.17) is 5.73 Å². The highest BCUT2D eigenvalue weighted by Gasteiger charge is 2.13. The number of amides is 1. The number of hydrogen-bond acceptors (Lipinski definition) is 2. The molecule has 0 aliphatic heterocycles. The Balaban J connectivity index is 2.52. The molecule has 0 saturated carbocycles. The van der Waals surface area contributed by atoms with Crippen LogP contribution in [0.4, 0.5) is 0 Å². The summed E-state index contributed by atoms with van der Waals surface area (Å²) in [5.41, 5.74) is 8.23. The molecular weight excluding hydrogens is 224 g/mol. The molecule has 0 aliphatic rings. The molecule has 0 bridgehead atoms. The topological polar surface area (TPSA) is 55.1 Å². The van der Waals surface area contributed by atoms with Crippen molar-refractivity contribution in [2.75, 3.05) is 0 Å². The molecule has 2 atom stereocenters. The van der Waals surface area contributed by atoms with Gasteiger partial charge < -0.3 is 11.1 Å². The van der Waals surface area contributed by atoms with Gasteiger partial charge in [0, 0.05) is 12.5 Å². The van der Waals surface area contributed by atoms with E-state index < -0.39 is 0 Å². The normalized spacial score (nSPS) is 14.0. The van der Waals surface area contributed by atoms with Gasteiger partial charge in [0.25, 0.3) is 0 Å². The standard InChI is InChI=1S/C15H24N2O/c1-4-7-13(16)10-15(18)17-12(3)14-9-6-5-8-11(14)2/h5-6,8-9,12-13H,4,7,10,16H2,1-3H3,(H,17,18). The second kappa shape index (κ2) is 7.17.